The monoisotopic (exact) mass is 200 g/mol. The predicted octanol–water partition coefficient (Wildman–Crippen LogP) is 4.35. The molecule has 0 bridgehead atoms. The molecule has 0 radical (unpaired) electrons. The molecule has 0 unspecified atom stereocenters. The Bertz CT molecular complexity index is 108. The fourth-order valence-corrected chi connectivity index (χ4v) is 3.83. The van der Waals surface area contributed by atoms with E-state index in [1.54, 1.807) is 0 Å². The second-order valence-electron chi connectivity index (χ2n) is 4.34. The molecule has 0 aromatic carbocycles. The Balaban J connectivity index is 2.18. The van der Waals surface area contributed by atoms with Crippen LogP contribution in [0.3, 0.4) is 0 Å². The standard InChI is InChI=1S/C12H24S/c1-3-5-7-11-9-13-10-12(11)8-6-4-2/h11-12H,3-10H2,1-2H3/t11-,12-/m1/s1. The van der Waals surface area contributed by atoms with Gasteiger partial charge in [0.15, 0.2) is 0 Å². The van der Waals surface area contributed by atoms with Crippen molar-refractivity contribution in [2.24, 2.45) is 11.8 Å². The van der Waals surface area contributed by atoms with Gasteiger partial charge in [-0.15, -0.1) is 0 Å². The van der Waals surface area contributed by atoms with Crippen molar-refractivity contribution < 1.29 is 0 Å². The van der Waals surface area contributed by atoms with Crippen LogP contribution in [-0.2, 0) is 0 Å². The molecule has 0 aromatic heterocycles. The summed E-state index contributed by atoms with van der Waals surface area (Å²) in [4.78, 5) is 0. The van der Waals surface area contributed by atoms with Crippen LogP contribution in [-0.4, -0.2) is 11.5 Å². The van der Waals surface area contributed by atoms with Crippen LogP contribution in [0.25, 0.3) is 0 Å². The van der Waals surface area contributed by atoms with Gasteiger partial charge in [-0.1, -0.05) is 39.5 Å². The summed E-state index contributed by atoms with van der Waals surface area (Å²) in [5, 5.41) is 0. The lowest BCUT2D eigenvalue weighted by atomic mass is 9.87. The topological polar surface area (TPSA) is 0 Å². The molecule has 1 fully saturated rings. The minimum Gasteiger partial charge on any atom is -0.161 e. The van der Waals surface area contributed by atoms with E-state index in [0.717, 1.165) is 11.8 Å². The third-order valence-corrected chi connectivity index (χ3v) is 4.52. The number of hydrogen-bond acceptors (Lipinski definition) is 1. The minimum atomic E-state index is 1.07. The van der Waals surface area contributed by atoms with Gasteiger partial charge >= 0.3 is 0 Å². The number of rotatable bonds is 6. The van der Waals surface area contributed by atoms with Gasteiger partial charge in [-0.25, -0.2) is 0 Å². The number of unbranched alkanes of at least 4 members (excludes halogenated alkanes) is 2. The van der Waals surface area contributed by atoms with Gasteiger partial charge in [-0.3, -0.25) is 0 Å². The van der Waals surface area contributed by atoms with E-state index in [4.69, 9.17) is 0 Å². The molecule has 1 rings (SSSR count). The maximum Gasteiger partial charge on any atom is -0.00361 e. The SMILES string of the molecule is CCCC[C@@H]1CSC[C@H]1CCCC. The van der Waals surface area contributed by atoms with Crippen LogP contribution >= 0.6 is 11.8 Å². The molecule has 78 valence electrons. The zero-order valence-electron chi connectivity index (χ0n) is 9.22. The summed E-state index contributed by atoms with van der Waals surface area (Å²) >= 11 is 2.19. The molecule has 2 atom stereocenters. The van der Waals surface area contributed by atoms with Crippen molar-refractivity contribution >= 4 is 11.8 Å². The van der Waals surface area contributed by atoms with E-state index in [9.17, 15) is 0 Å². The predicted molar refractivity (Wildman–Crippen MR) is 63.4 cm³/mol. The molecule has 13 heavy (non-hydrogen) atoms. The second kappa shape index (κ2) is 6.75. The molecule has 0 N–H and O–H groups in total. The first-order valence-electron chi connectivity index (χ1n) is 5.96. The molecule has 0 saturated carbocycles. The molecule has 1 heteroatoms. The lowest BCUT2D eigenvalue weighted by Crippen LogP contribution is -2.12. The fourth-order valence-electron chi connectivity index (χ4n) is 2.21. The van der Waals surface area contributed by atoms with Crippen LogP contribution in [0.4, 0.5) is 0 Å². The van der Waals surface area contributed by atoms with E-state index in [1.807, 2.05) is 0 Å². The van der Waals surface area contributed by atoms with Gasteiger partial charge in [-0.2, -0.15) is 11.8 Å². The summed E-state index contributed by atoms with van der Waals surface area (Å²) in [6, 6.07) is 0. The third kappa shape index (κ3) is 3.93. The van der Waals surface area contributed by atoms with E-state index < -0.39 is 0 Å². The average molecular weight is 200 g/mol. The summed E-state index contributed by atoms with van der Waals surface area (Å²) < 4.78 is 0. The third-order valence-electron chi connectivity index (χ3n) is 3.19. The van der Waals surface area contributed by atoms with E-state index in [-0.39, 0.29) is 0 Å². The van der Waals surface area contributed by atoms with Crippen LogP contribution in [0, 0.1) is 11.8 Å². The zero-order valence-corrected chi connectivity index (χ0v) is 10.0. The van der Waals surface area contributed by atoms with Crippen LogP contribution in [0.5, 0.6) is 0 Å². The smallest absolute Gasteiger partial charge is 0.00361 e. The molecule has 1 heterocycles. The van der Waals surface area contributed by atoms with Gasteiger partial charge in [0.2, 0.25) is 0 Å². The van der Waals surface area contributed by atoms with Gasteiger partial charge in [0, 0.05) is 0 Å². The van der Waals surface area contributed by atoms with Gasteiger partial charge in [0.05, 0.1) is 0 Å². The van der Waals surface area contributed by atoms with Gasteiger partial charge < -0.3 is 0 Å². The normalized spacial score (nSPS) is 28.2. The van der Waals surface area contributed by atoms with E-state index in [2.05, 4.69) is 25.6 Å². The maximum absolute atomic E-state index is 2.31. The highest BCUT2D eigenvalue weighted by atomic mass is 32.2. The summed E-state index contributed by atoms with van der Waals surface area (Å²) in [5.74, 6) is 5.04. The van der Waals surface area contributed by atoms with Crippen molar-refractivity contribution in [3.05, 3.63) is 0 Å². The molecule has 0 aliphatic carbocycles. The first kappa shape index (κ1) is 11.4. The molecule has 1 aliphatic rings. The Labute approximate surface area is 87.9 Å². The number of hydrogen-bond donors (Lipinski definition) is 0. The average Bonchev–Trinajstić information content (AvgIpc) is 2.59. The first-order chi connectivity index (χ1) is 6.38. The van der Waals surface area contributed by atoms with Gasteiger partial charge in [-0.05, 0) is 36.2 Å². The van der Waals surface area contributed by atoms with E-state index in [1.165, 1.54) is 50.0 Å². The molecule has 0 aromatic rings. The summed E-state index contributed by atoms with van der Waals surface area (Å²) in [6.45, 7) is 4.62. The Morgan fingerprint density at radius 3 is 1.77 bits per heavy atom. The van der Waals surface area contributed by atoms with Crippen LogP contribution in [0.1, 0.15) is 52.4 Å². The number of thioether (sulfide) groups is 1. The lowest BCUT2D eigenvalue weighted by Gasteiger charge is -2.17. The molecule has 0 spiro atoms. The van der Waals surface area contributed by atoms with Crippen LogP contribution in [0.2, 0.25) is 0 Å². The lowest BCUT2D eigenvalue weighted by molar-refractivity contribution is 0.354. The molecule has 0 amide bonds. The molecular formula is C12H24S. The highest BCUT2D eigenvalue weighted by Gasteiger charge is 2.26. The summed E-state index contributed by atoms with van der Waals surface area (Å²) in [7, 11) is 0. The van der Waals surface area contributed by atoms with E-state index in [0.29, 0.717) is 0 Å². The van der Waals surface area contributed by atoms with Crippen molar-refractivity contribution in [1.82, 2.24) is 0 Å². The quantitative estimate of drug-likeness (QED) is 0.614. The first-order valence-corrected chi connectivity index (χ1v) is 7.11. The largest absolute Gasteiger partial charge is 0.161 e. The van der Waals surface area contributed by atoms with Crippen molar-refractivity contribution in [3.8, 4) is 0 Å². The Hall–Kier alpha value is 0.350. The zero-order chi connectivity index (χ0) is 9.52. The fraction of sp³-hybridized carbons (Fsp3) is 1.00. The Kier molecular flexibility index (Phi) is 5.93. The van der Waals surface area contributed by atoms with Gasteiger partial charge in [0.1, 0.15) is 0 Å². The van der Waals surface area contributed by atoms with Gasteiger partial charge in [0.25, 0.3) is 0 Å². The van der Waals surface area contributed by atoms with Crippen molar-refractivity contribution in [2.75, 3.05) is 11.5 Å². The molecule has 1 aliphatic heterocycles. The molecule has 0 nitrogen and oxygen atoms in total. The highest BCUT2D eigenvalue weighted by Crippen LogP contribution is 2.36. The molecule has 1 saturated heterocycles. The second-order valence-corrected chi connectivity index (χ2v) is 5.42. The van der Waals surface area contributed by atoms with E-state index >= 15 is 0 Å². The van der Waals surface area contributed by atoms with Crippen molar-refractivity contribution in [3.63, 3.8) is 0 Å². The molecular weight excluding hydrogens is 176 g/mol. The summed E-state index contributed by atoms with van der Waals surface area (Å²) in [6.07, 6.45) is 8.65. The summed E-state index contributed by atoms with van der Waals surface area (Å²) in [5.41, 5.74) is 0. The van der Waals surface area contributed by atoms with Crippen molar-refractivity contribution in [2.45, 2.75) is 52.4 Å². The maximum atomic E-state index is 2.31. The van der Waals surface area contributed by atoms with Crippen LogP contribution in [0.15, 0.2) is 0 Å². The highest BCUT2D eigenvalue weighted by molar-refractivity contribution is 7.99. The Morgan fingerprint density at radius 2 is 1.38 bits per heavy atom. The van der Waals surface area contributed by atoms with Crippen molar-refractivity contribution in [1.29, 1.82) is 0 Å². The Morgan fingerprint density at radius 1 is 0.923 bits per heavy atom. The van der Waals surface area contributed by atoms with Crippen LogP contribution < -0.4 is 0 Å². The minimum absolute atomic E-state index is 1.07.